The van der Waals surface area contributed by atoms with Gasteiger partial charge in [0.15, 0.2) is 0 Å². The van der Waals surface area contributed by atoms with E-state index < -0.39 is 0 Å². The monoisotopic (exact) mass is 458 g/mol. The first kappa shape index (κ1) is 18.5. The number of benzene rings is 1. The van der Waals surface area contributed by atoms with Crippen LogP contribution in [0.25, 0.3) is 9.88 Å². The third-order valence-corrected chi connectivity index (χ3v) is 6.29. The average molecular weight is 460 g/mol. The number of aromatic nitrogens is 1. The maximum atomic E-state index is 13.8. The Hall–Kier alpha value is -1.28. The lowest BCUT2D eigenvalue weighted by Crippen LogP contribution is -2.28. The predicted octanol–water partition coefficient (Wildman–Crippen LogP) is 5.63. The molecule has 3 rings (SSSR count). The zero-order valence-electron chi connectivity index (χ0n) is 13.1. The highest BCUT2D eigenvalue weighted by molar-refractivity contribution is 9.10. The number of hydrogen-bond acceptors (Lipinski definition) is 4. The van der Waals surface area contributed by atoms with Crippen LogP contribution < -0.4 is 0 Å². The van der Waals surface area contributed by atoms with E-state index in [0.29, 0.717) is 15.6 Å². The molecule has 0 bridgehead atoms. The molecule has 0 aliphatic heterocycles. The highest BCUT2D eigenvalue weighted by Gasteiger charge is 2.15. The first-order valence-corrected chi connectivity index (χ1v) is 10.2. The molecule has 1 amide bonds. The molecule has 3 aromatic rings. The van der Waals surface area contributed by atoms with Crippen LogP contribution in [0.4, 0.5) is 4.39 Å². The number of likely N-dealkylation sites (N-methyl/N-ethyl adjacent to an activating group) is 1. The summed E-state index contributed by atoms with van der Waals surface area (Å²) in [6.45, 7) is 0.210. The van der Waals surface area contributed by atoms with Crippen LogP contribution in [-0.4, -0.2) is 22.8 Å². The van der Waals surface area contributed by atoms with Crippen LogP contribution in [0.3, 0.4) is 0 Å². The molecule has 2 aromatic heterocycles. The van der Waals surface area contributed by atoms with E-state index in [4.69, 9.17) is 11.6 Å². The molecule has 3 nitrogen and oxygen atoms in total. The van der Waals surface area contributed by atoms with Gasteiger partial charge in [-0.2, -0.15) is 0 Å². The van der Waals surface area contributed by atoms with Gasteiger partial charge in [0.25, 0.3) is 0 Å². The fourth-order valence-electron chi connectivity index (χ4n) is 2.23. The van der Waals surface area contributed by atoms with Crippen molar-refractivity contribution in [3.63, 3.8) is 0 Å². The lowest BCUT2D eigenvalue weighted by atomic mass is 10.2. The van der Waals surface area contributed by atoms with Crippen molar-refractivity contribution in [3.05, 3.63) is 61.6 Å². The standard InChI is InChI=1S/C17H13BrClFN2OS2/c1-22(8-10-6-11(18)2-3-13(10)20)16(23)7-12-9-24-17(21-12)14-4-5-15(19)25-14/h2-6,9H,7-8H2,1H3. The van der Waals surface area contributed by atoms with E-state index in [1.165, 1.54) is 33.6 Å². The molecule has 0 spiro atoms. The van der Waals surface area contributed by atoms with Gasteiger partial charge in [0, 0.05) is 29.0 Å². The highest BCUT2D eigenvalue weighted by Crippen LogP contribution is 2.33. The van der Waals surface area contributed by atoms with Gasteiger partial charge in [0.2, 0.25) is 5.91 Å². The van der Waals surface area contributed by atoms with Gasteiger partial charge >= 0.3 is 0 Å². The second-order valence-corrected chi connectivity index (χ2v) is 8.90. The van der Waals surface area contributed by atoms with E-state index >= 15 is 0 Å². The van der Waals surface area contributed by atoms with Gasteiger partial charge < -0.3 is 4.90 Å². The number of halogens is 3. The molecule has 0 saturated carbocycles. The van der Waals surface area contributed by atoms with Crippen molar-refractivity contribution in [2.75, 3.05) is 7.05 Å². The van der Waals surface area contributed by atoms with Crippen molar-refractivity contribution >= 4 is 56.1 Å². The van der Waals surface area contributed by atoms with Gasteiger partial charge in [0.1, 0.15) is 10.8 Å². The average Bonchev–Trinajstić information content (AvgIpc) is 3.19. The van der Waals surface area contributed by atoms with Crippen molar-refractivity contribution in [3.8, 4) is 9.88 Å². The van der Waals surface area contributed by atoms with Crippen LogP contribution in [0.1, 0.15) is 11.3 Å². The molecule has 0 unspecified atom stereocenters. The number of hydrogen-bond donors (Lipinski definition) is 0. The second kappa shape index (κ2) is 7.95. The van der Waals surface area contributed by atoms with Crippen LogP contribution in [0.5, 0.6) is 0 Å². The Balaban J connectivity index is 1.65. The zero-order valence-corrected chi connectivity index (χ0v) is 17.1. The molecule has 8 heteroatoms. The van der Waals surface area contributed by atoms with Gasteiger partial charge in [-0.1, -0.05) is 27.5 Å². The molecular formula is C17H13BrClFN2OS2. The third-order valence-electron chi connectivity index (χ3n) is 3.51. The fraction of sp³-hybridized carbons (Fsp3) is 0.176. The molecule has 0 aliphatic rings. The normalized spacial score (nSPS) is 10.9. The van der Waals surface area contributed by atoms with E-state index in [-0.39, 0.29) is 24.7 Å². The Kier molecular flexibility index (Phi) is 5.89. The van der Waals surface area contributed by atoms with Crippen LogP contribution >= 0.6 is 50.2 Å². The zero-order chi connectivity index (χ0) is 18.0. The summed E-state index contributed by atoms with van der Waals surface area (Å²) in [6, 6.07) is 8.44. The summed E-state index contributed by atoms with van der Waals surface area (Å²) in [5.41, 5.74) is 1.17. The van der Waals surface area contributed by atoms with Crippen molar-refractivity contribution in [1.29, 1.82) is 0 Å². The summed E-state index contributed by atoms with van der Waals surface area (Å²) in [4.78, 5) is 19.4. The second-order valence-electron chi connectivity index (χ2n) is 5.41. The smallest absolute Gasteiger partial charge is 0.228 e. The van der Waals surface area contributed by atoms with E-state index in [1.807, 2.05) is 17.5 Å². The molecule has 0 aliphatic carbocycles. The van der Waals surface area contributed by atoms with Crippen LogP contribution in [0, 0.1) is 5.82 Å². The maximum absolute atomic E-state index is 13.8. The Labute approximate surface area is 166 Å². The van der Waals surface area contributed by atoms with Gasteiger partial charge in [-0.3, -0.25) is 4.79 Å². The largest absolute Gasteiger partial charge is 0.341 e. The van der Waals surface area contributed by atoms with E-state index in [1.54, 1.807) is 19.2 Å². The molecule has 0 N–H and O–H groups in total. The topological polar surface area (TPSA) is 33.2 Å². The maximum Gasteiger partial charge on any atom is 0.228 e. The SMILES string of the molecule is CN(Cc1cc(Br)ccc1F)C(=O)Cc1csc(-c2ccc(Cl)s2)n1. The first-order chi connectivity index (χ1) is 11.9. The minimum Gasteiger partial charge on any atom is -0.341 e. The van der Waals surface area contributed by atoms with Gasteiger partial charge in [0.05, 0.1) is 21.3 Å². The van der Waals surface area contributed by atoms with E-state index in [0.717, 1.165) is 14.4 Å². The van der Waals surface area contributed by atoms with Crippen LogP contribution in [0.15, 0.2) is 40.2 Å². The summed E-state index contributed by atoms with van der Waals surface area (Å²) in [5, 5.41) is 2.72. The summed E-state index contributed by atoms with van der Waals surface area (Å²) in [5.74, 6) is -0.436. The van der Waals surface area contributed by atoms with E-state index in [9.17, 15) is 9.18 Å². The van der Waals surface area contributed by atoms with Gasteiger partial charge in [-0.05, 0) is 30.3 Å². The Bertz CT molecular complexity index is 912. The van der Waals surface area contributed by atoms with Crippen molar-refractivity contribution < 1.29 is 9.18 Å². The number of amides is 1. The third kappa shape index (κ3) is 4.67. The summed E-state index contributed by atoms with van der Waals surface area (Å²) >= 11 is 12.2. The van der Waals surface area contributed by atoms with E-state index in [2.05, 4.69) is 20.9 Å². The number of carbonyl (C=O) groups excluding carboxylic acids is 1. The van der Waals surface area contributed by atoms with Gasteiger partial charge in [-0.25, -0.2) is 9.37 Å². The van der Waals surface area contributed by atoms with Crippen molar-refractivity contribution in [2.24, 2.45) is 0 Å². The molecule has 0 atom stereocenters. The van der Waals surface area contributed by atoms with Gasteiger partial charge in [-0.15, -0.1) is 22.7 Å². The summed E-state index contributed by atoms with van der Waals surface area (Å²) < 4.78 is 15.3. The molecule has 0 saturated heterocycles. The highest BCUT2D eigenvalue weighted by atomic mass is 79.9. The molecule has 0 fully saturated rings. The van der Waals surface area contributed by atoms with Crippen LogP contribution in [0.2, 0.25) is 4.34 Å². The molecular weight excluding hydrogens is 447 g/mol. The molecule has 1 aromatic carbocycles. The summed E-state index contributed by atoms with van der Waals surface area (Å²) in [6.07, 6.45) is 0.182. The molecule has 0 radical (unpaired) electrons. The predicted molar refractivity (Wildman–Crippen MR) is 105 cm³/mol. The number of rotatable bonds is 5. The van der Waals surface area contributed by atoms with Crippen LogP contribution in [-0.2, 0) is 17.8 Å². The van der Waals surface area contributed by atoms with Crippen molar-refractivity contribution in [2.45, 2.75) is 13.0 Å². The molecule has 2 heterocycles. The number of nitrogens with zero attached hydrogens (tertiary/aromatic N) is 2. The minimum atomic E-state index is -0.326. The Morgan fingerprint density at radius 1 is 1.36 bits per heavy atom. The first-order valence-electron chi connectivity index (χ1n) is 7.30. The minimum absolute atomic E-state index is 0.111. The Morgan fingerprint density at radius 2 is 2.16 bits per heavy atom. The molecule has 130 valence electrons. The quantitative estimate of drug-likeness (QED) is 0.495. The molecule has 25 heavy (non-hydrogen) atoms. The Morgan fingerprint density at radius 3 is 2.88 bits per heavy atom. The van der Waals surface area contributed by atoms with Crippen molar-refractivity contribution in [1.82, 2.24) is 9.88 Å². The lowest BCUT2D eigenvalue weighted by molar-refractivity contribution is -0.129. The lowest BCUT2D eigenvalue weighted by Gasteiger charge is -2.17. The fourth-order valence-corrected chi connectivity index (χ4v) is 4.57. The number of thiophene rings is 1. The number of carbonyl (C=O) groups is 1. The summed E-state index contributed by atoms with van der Waals surface area (Å²) in [7, 11) is 1.66. The number of thiazole rings is 1.